The Bertz CT molecular complexity index is 1320. The van der Waals surface area contributed by atoms with Crippen LogP contribution >= 0.6 is 0 Å². The standard InChI is InChI=1S/C33H44N6O/c1-33(11-12-33)32-35-29-8-7-25(24-34-13-18-37-19-21-40-22-20-37)23-28(29)31(36-32)39-16-9-26(10-17-39)27-5-2-3-6-30(27)38-14-4-15-38/h2-3,5-8,23,26,34H,4,9-22,24H2,1H3. The van der Waals surface area contributed by atoms with Crippen LogP contribution in [-0.2, 0) is 16.7 Å². The molecule has 1 aliphatic carbocycles. The number of hydrogen-bond acceptors (Lipinski definition) is 7. The molecule has 0 amide bonds. The molecule has 0 unspecified atom stereocenters. The zero-order valence-electron chi connectivity index (χ0n) is 24.1. The number of ether oxygens (including phenoxy) is 1. The van der Waals surface area contributed by atoms with Gasteiger partial charge in [0.2, 0.25) is 0 Å². The second-order valence-corrected chi connectivity index (χ2v) is 12.6. The van der Waals surface area contributed by atoms with Gasteiger partial charge < -0.3 is 19.9 Å². The number of anilines is 2. The lowest BCUT2D eigenvalue weighted by Gasteiger charge is -2.39. The summed E-state index contributed by atoms with van der Waals surface area (Å²) in [5.41, 5.74) is 5.57. The summed E-state index contributed by atoms with van der Waals surface area (Å²) in [7, 11) is 0. The normalized spacial score (nSPS) is 21.5. The Hall–Kier alpha value is -2.74. The highest BCUT2D eigenvalue weighted by Gasteiger charge is 2.43. The third-order valence-electron chi connectivity index (χ3n) is 9.69. The van der Waals surface area contributed by atoms with Gasteiger partial charge in [0.1, 0.15) is 11.6 Å². The molecule has 4 heterocycles. The van der Waals surface area contributed by atoms with Crippen LogP contribution in [-0.4, -0.2) is 80.4 Å². The number of piperidine rings is 1. The van der Waals surface area contributed by atoms with E-state index in [-0.39, 0.29) is 5.41 Å². The molecular weight excluding hydrogens is 496 g/mol. The average Bonchev–Trinajstić information content (AvgIpc) is 3.73. The van der Waals surface area contributed by atoms with E-state index in [1.807, 2.05) is 0 Å². The van der Waals surface area contributed by atoms with E-state index in [1.54, 1.807) is 5.56 Å². The number of aromatic nitrogens is 2. The van der Waals surface area contributed by atoms with Crippen molar-refractivity contribution in [1.82, 2.24) is 20.2 Å². The molecule has 0 atom stereocenters. The van der Waals surface area contributed by atoms with E-state index >= 15 is 0 Å². The van der Waals surface area contributed by atoms with Crippen molar-refractivity contribution in [2.45, 2.75) is 56.9 Å². The first-order valence-electron chi connectivity index (χ1n) is 15.6. The number of hydrogen-bond donors (Lipinski definition) is 1. The van der Waals surface area contributed by atoms with Crippen molar-refractivity contribution < 1.29 is 4.74 Å². The van der Waals surface area contributed by atoms with Crippen LogP contribution in [0, 0.1) is 0 Å². The molecule has 2 aromatic carbocycles. The topological polar surface area (TPSA) is 56.8 Å². The lowest BCUT2D eigenvalue weighted by Crippen LogP contribution is -2.40. The SMILES string of the molecule is CC1(c2nc(N3CCC(c4ccccc4N4CCC4)CC3)c3cc(CNCCN4CCOCC4)ccc3n2)CC1. The molecular formula is C33H44N6O. The molecule has 0 bridgehead atoms. The molecule has 3 aliphatic heterocycles. The van der Waals surface area contributed by atoms with Crippen LogP contribution in [0.4, 0.5) is 11.5 Å². The molecule has 4 fully saturated rings. The van der Waals surface area contributed by atoms with Gasteiger partial charge in [0.15, 0.2) is 0 Å². The second kappa shape index (κ2) is 11.3. The summed E-state index contributed by atoms with van der Waals surface area (Å²) in [5.74, 6) is 2.81. The third kappa shape index (κ3) is 5.44. The largest absolute Gasteiger partial charge is 0.379 e. The van der Waals surface area contributed by atoms with E-state index in [4.69, 9.17) is 14.7 Å². The maximum absolute atomic E-state index is 5.48. The third-order valence-corrected chi connectivity index (χ3v) is 9.69. The van der Waals surface area contributed by atoms with Crippen LogP contribution in [0.2, 0.25) is 0 Å². The van der Waals surface area contributed by atoms with Crippen molar-refractivity contribution in [3.05, 3.63) is 59.4 Å². The zero-order chi connectivity index (χ0) is 26.9. The lowest BCUT2D eigenvalue weighted by atomic mass is 9.87. The molecule has 0 radical (unpaired) electrons. The Morgan fingerprint density at radius 2 is 1.73 bits per heavy atom. The monoisotopic (exact) mass is 540 g/mol. The lowest BCUT2D eigenvalue weighted by molar-refractivity contribution is 0.0384. The van der Waals surface area contributed by atoms with Crippen molar-refractivity contribution in [3.8, 4) is 0 Å². The number of nitrogens with one attached hydrogen (secondary N) is 1. The highest BCUT2D eigenvalue weighted by Crippen LogP contribution is 2.47. The highest BCUT2D eigenvalue weighted by molar-refractivity contribution is 5.90. The number of benzene rings is 2. The second-order valence-electron chi connectivity index (χ2n) is 12.6. The van der Waals surface area contributed by atoms with Gasteiger partial charge in [-0.25, -0.2) is 9.97 Å². The predicted molar refractivity (Wildman–Crippen MR) is 163 cm³/mol. The van der Waals surface area contributed by atoms with Gasteiger partial charge in [0.25, 0.3) is 0 Å². The summed E-state index contributed by atoms with van der Waals surface area (Å²) in [6.45, 7) is 13.6. The van der Waals surface area contributed by atoms with Crippen LogP contribution in [0.15, 0.2) is 42.5 Å². The van der Waals surface area contributed by atoms with Crippen LogP contribution in [0.3, 0.4) is 0 Å². The van der Waals surface area contributed by atoms with Gasteiger partial charge in [-0.1, -0.05) is 31.2 Å². The van der Waals surface area contributed by atoms with Crippen LogP contribution < -0.4 is 15.1 Å². The molecule has 1 N–H and O–H groups in total. The molecule has 3 saturated heterocycles. The number of fused-ring (bicyclic) bond motifs is 1. The van der Waals surface area contributed by atoms with E-state index in [9.17, 15) is 0 Å². The summed E-state index contributed by atoms with van der Waals surface area (Å²) in [5, 5.41) is 4.87. The molecule has 1 aromatic heterocycles. The maximum atomic E-state index is 5.48. The zero-order valence-corrected chi connectivity index (χ0v) is 24.1. The molecule has 7 nitrogen and oxygen atoms in total. The molecule has 3 aromatic rings. The Balaban J connectivity index is 1.08. The minimum absolute atomic E-state index is 0.150. The Morgan fingerprint density at radius 1 is 0.925 bits per heavy atom. The summed E-state index contributed by atoms with van der Waals surface area (Å²) < 4.78 is 5.48. The molecule has 1 saturated carbocycles. The molecule has 7 rings (SSSR count). The summed E-state index contributed by atoms with van der Waals surface area (Å²) >= 11 is 0. The van der Waals surface area contributed by atoms with Crippen LogP contribution in [0.5, 0.6) is 0 Å². The Morgan fingerprint density at radius 3 is 2.48 bits per heavy atom. The first-order valence-corrected chi connectivity index (χ1v) is 15.6. The van der Waals surface area contributed by atoms with E-state index in [0.29, 0.717) is 5.92 Å². The summed E-state index contributed by atoms with van der Waals surface area (Å²) in [4.78, 5) is 18.0. The van der Waals surface area contributed by atoms with Crippen molar-refractivity contribution >= 4 is 22.4 Å². The first kappa shape index (κ1) is 26.2. The van der Waals surface area contributed by atoms with Crippen molar-refractivity contribution in [2.75, 3.05) is 75.4 Å². The summed E-state index contributed by atoms with van der Waals surface area (Å²) in [6, 6.07) is 16.0. The number of para-hydroxylation sites is 1. The van der Waals surface area contributed by atoms with Gasteiger partial charge in [-0.2, -0.15) is 0 Å². The van der Waals surface area contributed by atoms with Crippen molar-refractivity contribution in [2.24, 2.45) is 0 Å². The Labute approximate surface area is 238 Å². The van der Waals surface area contributed by atoms with Gasteiger partial charge in [0, 0.05) is 75.4 Å². The van der Waals surface area contributed by atoms with Gasteiger partial charge in [-0.05, 0) is 67.3 Å². The van der Waals surface area contributed by atoms with E-state index in [2.05, 4.69) is 69.4 Å². The van der Waals surface area contributed by atoms with Gasteiger partial charge in [0.05, 0.1) is 18.7 Å². The number of morpholine rings is 1. The highest BCUT2D eigenvalue weighted by atomic mass is 16.5. The van der Waals surface area contributed by atoms with Gasteiger partial charge in [-0.15, -0.1) is 0 Å². The fourth-order valence-electron chi connectivity index (χ4n) is 6.57. The average molecular weight is 541 g/mol. The van der Waals surface area contributed by atoms with E-state index in [0.717, 1.165) is 76.2 Å². The predicted octanol–water partition coefficient (Wildman–Crippen LogP) is 4.70. The molecule has 4 aliphatic rings. The maximum Gasteiger partial charge on any atom is 0.140 e. The number of rotatable bonds is 9. The van der Waals surface area contributed by atoms with Gasteiger partial charge >= 0.3 is 0 Å². The molecule has 40 heavy (non-hydrogen) atoms. The fourth-order valence-corrected chi connectivity index (χ4v) is 6.57. The minimum Gasteiger partial charge on any atom is -0.379 e. The molecule has 7 heteroatoms. The summed E-state index contributed by atoms with van der Waals surface area (Å²) in [6.07, 6.45) is 6.05. The van der Waals surface area contributed by atoms with Gasteiger partial charge in [-0.3, -0.25) is 4.90 Å². The molecule has 0 spiro atoms. The smallest absolute Gasteiger partial charge is 0.140 e. The van der Waals surface area contributed by atoms with E-state index in [1.165, 1.54) is 61.8 Å². The van der Waals surface area contributed by atoms with Crippen LogP contribution in [0.25, 0.3) is 10.9 Å². The minimum atomic E-state index is 0.150. The quantitative estimate of drug-likeness (QED) is 0.395. The fraction of sp³-hybridized carbons (Fsp3) is 0.576. The first-order chi connectivity index (χ1) is 19.7. The van der Waals surface area contributed by atoms with E-state index < -0.39 is 0 Å². The van der Waals surface area contributed by atoms with Crippen molar-refractivity contribution in [1.29, 1.82) is 0 Å². The van der Waals surface area contributed by atoms with Crippen molar-refractivity contribution in [3.63, 3.8) is 0 Å². The Kier molecular flexibility index (Phi) is 7.37. The molecule has 212 valence electrons. The van der Waals surface area contributed by atoms with Crippen LogP contribution in [0.1, 0.15) is 61.9 Å². The number of nitrogens with zero attached hydrogens (tertiary/aromatic N) is 5.